The second-order valence-electron chi connectivity index (χ2n) is 5.84. The van der Waals surface area contributed by atoms with E-state index in [4.69, 9.17) is 4.74 Å². The summed E-state index contributed by atoms with van der Waals surface area (Å²) in [6, 6.07) is 6.37. The van der Waals surface area contributed by atoms with Crippen molar-refractivity contribution < 1.29 is 17.5 Å². The zero-order valence-electron chi connectivity index (χ0n) is 12.4. The summed E-state index contributed by atoms with van der Waals surface area (Å²) in [6.07, 6.45) is 3.35. The normalized spacial score (nSPS) is 24.7. The molecule has 0 aromatic heterocycles. The molecule has 1 aliphatic heterocycles. The summed E-state index contributed by atoms with van der Waals surface area (Å²) >= 11 is 0. The molecule has 1 aromatic rings. The van der Waals surface area contributed by atoms with Crippen molar-refractivity contribution in [2.75, 3.05) is 19.7 Å². The van der Waals surface area contributed by atoms with Crippen LogP contribution in [0.4, 0.5) is 4.39 Å². The fraction of sp³-hybridized carbons (Fsp3) is 0.600. The van der Waals surface area contributed by atoms with Crippen LogP contribution < -0.4 is 4.72 Å². The summed E-state index contributed by atoms with van der Waals surface area (Å²) in [5.41, 5.74) is 0.406. The Morgan fingerprint density at radius 3 is 2.68 bits per heavy atom. The Bertz CT molecular complexity index is 617. The molecular formula is C15H21FN2O3S. The van der Waals surface area contributed by atoms with E-state index < -0.39 is 16.3 Å². The Balaban J connectivity index is 1.71. The molecule has 0 amide bonds. The fourth-order valence-electron chi connectivity index (χ4n) is 3.10. The number of rotatable bonds is 4. The van der Waals surface area contributed by atoms with Gasteiger partial charge in [-0.15, -0.1) is 0 Å². The smallest absolute Gasteiger partial charge is 0.279 e. The van der Waals surface area contributed by atoms with Gasteiger partial charge in [0.05, 0.1) is 12.7 Å². The molecule has 1 saturated carbocycles. The zero-order valence-corrected chi connectivity index (χ0v) is 13.2. The average molecular weight is 328 g/mol. The molecule has 2 fully saturated rings. The van der Waals surface area contributed by atoms with Gasteiger partial charge in [0.25, 0.3) is 10.2 Å². The van der Waals surface area contributed by atoms with Crippen molar-refractivity contribution >= 4 is 10.2 Å². The van der Waals surface area contributed by atoms with Crippen LogP contribution in [0.1, 0.15) is 37.4 Å². The molecular weight excluding hydrogens is 307 g/mol. The van der Waals surface area contributed by atoms with Crippen molar-refractivity contribution in [2.45, 2.75) is 37.8 Å². The van der Waals surface area contributed by atoms with Crippen LogP contribution in [-0.2, 0) is 14.9 Å². The first-order valence-corrected chi connectivity index (χ1v) is 9.14. The highest BCUT2D eigenvalue weighted by Gasteiger charge is 2.33. The van der Waals surface area contributed by atoms with Crippen LogP contribution in [-0.4, -0.2) is 38.5 Å². The maximum absolute atomic E-state index is 13.9. The molecule has 1 unspecified atom stereocenters. The van der Waals surface area contributed by atoms with Crippen LogP contribution in [0.2, 0.25) is 0 Å². The minimum absolute atomic E-state index is 0.0276. The molecule has 2 aliphatic rings. The van der Waals surface area contributed by atoms with E-state index >= 15 is 0 Å². The Morgan fingerprint density at radius 1 is 1.23 bits per heavy atom. The lowest BCUT2D eigenvalue weighted by molar-refractivity contribution is -0.00488. The summed E-state index contributed by atoms with van der Waals surface area (Å²) < 4.78 is 48.5. The maximum Gasteiger partial charge on any atom is 0.279 e. The number of morpholine rings is 1. The van der Waals surface area contributed by atoms with E-state index in [0.29, 0.717) is 12.1 Å². The van der Waals surface area contributed by atoms with E-state index in [9.17, 15) is 12.8 Å². The van der Waals surface area contributed by atoms with Crippen molar-refractivity contribution in [3.05, 3.63) is 35.6 Å². The zero-order chi connectivity index (χ0) is 15.6. The van der Waals surface area contributed by atoms with Crippen LogP contribution in [0.5, 0.6) is 0 Å². The van der Waals surface area contributed by atoms with Gasteiger partial charge in [-0.1, -0.05) is 31.0 Å². The number of halogens is 1. The number of ether oxygens (including phenoxy) is 1. The van der Waals surface area contributed by atoms with Crippen molar-refractivity contribution in [1.29, 1.82) is 0 Å². The molecule has 5 nitrogen and oxygen atoms in total. The quantitative estimate of drug-likeness (QED) is 0.919. The standard InChI is InChI=1S/C15H21FN2O3S/c16-14-8-4-3-7-13(14)15-11-18(9-10-21-15)22(19,20)17-12-5-1-2-6-12/h3-4,7-8,12,15,17H,1-2,5-6,9-11H2. The molecule has 1 saturated heterocycles. The van der Waals surface area contributed by atoms with Gasteiger partial charge in [0.15, 0.2) is 0 Å². The topological polar surface area (TPSA) is 58.6 Å². The first-order chi connectivity index (χ1) is 10.6. The summed E-state index contributed by atoms with van der Waals surface area (Å²) in [7, 11) is -3.54. The van der Waals surface area contributed by atoms with Gasteiger partial charge >= 0.3 is 0 Å². The van der Waals surface area contributed by atoms with Gasteiger partial charge in [-0.2, -0.15) is 17.4 Å². The van der Waals surface area contributed by atoms with Crippen LogP contribution in [0.25, 0.3) is 0 Å². The third-order valence-corrected chi connectivity index (χ3v) is 5.93. The lowest BCUT2D eigenvalue weighted by atomic mass is 10.1. The van der Waals surface area contributed by atoms with Gasteiger partial charge in [-0.25, -0.2) is 4.39 Å². The minimum atomic E-state index is -3.54. The highest BCUT2D eigenvalue weighted by atomic mass is 32.2. The highest BCUT2D eigenvalue weighted by Crippen LogP contribution is 2.26. The Hall–Kier alpha value is -1.02. The predicted molar refractivity (Wildman–Crippen MR) is 81.0 cm³/mol. The van der Waals surface area contributed by atoms with Crippen LogP contribution in [0.15, 0.2) is 24.3 Å². The van der Waals surface area contributed by atoms with E-state index in [1.165, 1.54) is 10.4 Å². The number of hydrogen-bond donors (Lipinski definition) is 1. The average Bonchev–Trinajstić information content (AvgIpc) is 3.00. The summed E-state index contributed by atoms with van der Waals surface area (Å²) in [5.74, 6) is -0.365. The van der Waals surface area contributed by atoms with Crippen LogP contribution >= 0.6 is 0 Å². The van der Waals surface area contributed by atoms with E-state index in [1.54, 1.807) is 18.2 Å². The van der Waals surface area contributed by atoms with E-state index in [1.807, 2.05) is 0 Å². The Morgan fingerprint density at radius 2 is 1.95 bits per heavy atom. The van der Waals surface area contributed by atoms with Gasteiger partial charge in [-0.3, -0.25) is 0 Å². The lowest BCUT2D eigenvalue weighted by Crippen LogP contribution is -2.49. The second kappa shape index (κ2) is 6.62. The highest BCUT2D eigenvalue weighted by molar-refractivity contribution is 7.87. The third kappa shape index (κ3) is 3.48. The van der Waals surface area contributed by atoms with Crippen LogP contribution in [0, 0.1) is 5.82 Å². The number of benzene rings is 1. The Labute approximate surface area is 130 Å². The first kappa shape index (κ1) is 15.9. The van der Waals surface area contributed by atoms with Gasteiger partial charge < -0.3 is 4.74 Å². The minimum Gasteiger partial charge on any atom is -0.371 e. The van der Waals surface area contributed by atoms with E-state index in [0.717, 1.165) is 25.7 Å². The van der Waals surface area contributed by atoms with Gasteiger partial charge in [0.1, 0.15) is 5.82 Å². The molecule has 0 spiro atoms. The second-order valence-corrected chi connectivity index (χ2v) is 7.55. The monoisotopic (exact) mass is 328 g/mol. The molecule has 1 N–H and O–H groups in total. The molecule has 122 valence electrons. The molecule has 1 atom stereocenters. The third-order valence-electron chi connectivity index (χ3n) is 4.29. The van der Waals surface area contributed by atoms with Gasteiger partial charge in [0.2, 0.25) is 0 Å². The molecule has 1 aromatic carbocycles. The molecule has 0 bridgehead atoms. The van der Waals surface area contributed by atoms with E-state index in [-0.39, 0.29) is 25.0 Å². The number of nitrogens with zero attached hydrogens (tertiary/aromatic N) is 1. The molecule has 1 heterocycles. The molecule has 7 heteroatoms. The molecule has 3 rings (SSSR count). The number of hydrogen-bond acceptors (Lipinski definition) is 3. The summed E-state index contributed by atoms with van der Waals surface area (Å²) in [5, 5.41) is 0. The fourth-order valence-corrected chi connectivity index (χ4v) is 4.55. The van der Waals surface area contributed by atoms with E-state index in [2.05, 4.69) is 4.72 Å². The van der Waals surface area contributed by atoms with Gasteiger partial charge in [0, 0.05) is 24.7 Å². The van der Waals surface area contributed by atoms with Crippen molar-refractivity contribution in [1.82, 2.24) is 9.03 Å². The molecule has 0 radical (unpaired) electrons. The lowest BCUT2D eigenvalue weighted by Gasteiger charge is -2.33. The van der Waals surface area contributed by atoms with Crippen LogP contribution in [0.3, 0.4) is 0 Å². The van der Waals surface area contributed by atoms with Crippen molar-refractivity contribution in [3.8, 4) is 0 Å². The molecule has 22 heavy (non-hydrogen) atoms. The Kier molecular flexibility index (Phi) is 4.77. The van der Waals surface area contributed by atoms with Gasteiger partial charge in [-0.05, 0) is 18.9 Å². The van der Waals surface area contributed by atoms with Crippen molar-refractivity contribution in [3.63, 3.8) is 0 Å². The molecule has 1 aliphatic carbocycles. The summed E-state index contributed by atoms with van der Waals surface area (Å²) in [4.78, 5) is 0. The number of nitrogens with one attached hydrogen (secondary N) is 1. The first-order valence-electron chi connectivity index (χ1n) is 7.70. The van der Waals surface area contributed by atoms with Crippen molar-refractivity contribution in [2.24, 2.45) is 0 Å². The largest absolute Gasteiger partial charge is 0.371 e. The maximum atomic E-state index is 13.9. The predicted octanol–water partition coefficient (Wildman–Crippen LogP) is 1.98. The summed E-state index contributed by atoms with van der Waals surface area (Å²) in [6.45, 7) is 0.709. The SMILES string of the molecule is O=S(=O)(NC1CCCC1)N1CCOC(c2ccccc2F)C1.